The number of hydrogen-bond acceptors (Lipinski definition) is 3. The summed E-state index contributed by atoms with van der Waals surface area (Å²) >= 11 is 0. The number of carbonyl (C=O) groups is 1. The molecule has 4 heteroatoms. The van der Waals surface area contributed by atoms with E-state index < -0.39 is 0 Å². The molecule has 1 heterocycles. The highest BCUT2D eigenvalue weighted by Gasteiger charge is 2.43. The summed E-state index contributed by atoms with van der Waals surface area (Å²) in [7, 11) is 0. The van der Waals surface area contributed by atoms with Gasteiger partial charge in [0.05, 0.1) is 24.2 Å². The predicted octanol–water partition coefficient (Wildman–Crippen LogP) is 2.31. The molecule has 0 aromatic heterocycles. The second-order valence-corrected chi connectivity index (χ2v) is 6.56. The number of carbonyl (C=O) groups excluding carboxylic acids is 1. The maximum absolute atomic E-state index is 13.2. The molecular formula is C16H30N2O2. The van der Waals surface area contributed by atoms with Gasteiger partial charge in [0.15, 0.2) is 0 Å². The number of nitrogens with zero attached hydrogens (tertiary/aromatic N) is 1. The third kappa shape index (κ3) is 3.17. The average Bonchev–Trinajstić information content (AvgIpc) is 2.72. The number of hydrogen-bond donors (Lipinski definition) is 1. The van der Waals surface area contributed by atoms with Crippen LogP contribution in [0.5, 0.6) is 0 Å². The molecule has 2 unspecified atom stereocenters. The standard InChI is InChI=1S/C16H30N2O2/c1-3-14-11-20-13(2)10-18(14)15(19)16(12-17)8-6-4-5-7-9-16/h13-14H,3-12,17H2,1-2H3. The molecule has 0 aromatic carbocycles. The maximum atomic E-state index is 13.2. The lowest BCUT2D eigenvalue weighted by molar-refractivity contribution is -0.155. The van der Waals surface area contributed by atoms with Crippen molar-refractivity contribution in [3.63, 3.8) is 0 Å². The molecule has 1 aliphatic heterocycles. The smallest absolute Gasteiger partial charge is 0.230 e. The quantitative estimate of drug-likeness (QED) is 0.808. The highest BCUT2D eigenvalue weighted by atomic mass is 16.5. The Bertz CT molecular complexity index is 324. The largest absolute Gasteiger partial charge is 0.375 e. The minimum absolute atomic E-state index is 0.141. The van der Waals surface area contributed by atoms with E-state index in [0.29, 0.717) is 19.1 Å². The minimum Gasteiger partial charge on any atom is -0.375 e. The van der Waals surface area contributed by atoms with Gasteiger partial charge in [0, 0.05) is 13.1 Å². The van der Waals surface area contributed by atoms with Crippen LogP contribution in [0.3, 0.4) is 0 Å². The highest BCUT2D eigenvalue weighted by Crippen LogP contribution is 2.37. The molecule has 0 aromatic rings. The van der Waals surface area contributed by atoms with E-state index >= 15 is 0 Å². The fourth-order valence-corrected chi connectivity index (χ4v) is 3.65. The van der Waals surface area contributed by atoms with Crippen LogP contribution in [0, 0.1) is 5.41 Å². The van der Waals surface area contributed by atoms with E-state index in [0.717, 1.165) is 38.6 Å². The zero-order chi connectivity index (χ0) is 14.6. The Labute approximate surface area is 123 Å². The van der Waals surface area contributed by atoms with Gasteiger partial charge in [0.1, 0.15) is 0 Å². The van der Waals surface area contributed by atoms with Gasteiger partial charge >= 0.3 is 0 Å². The number of rotatable bonds is 3. The summed E-state index contributed by atoms with van der Waals surface area (Å²) in [5, 5.41) is 0. The van der Waals surface area contributed by atoms with Crippen LogP contribution < -0.4 is 5.73 Å². The predicted molar refractivity (Wildman–Crippen MR) is 80.4 cm³/mol. The number of amides is 1. The molecule has 1 saturated heterocycles. The van der Waals surface area contributed by atoms with Crippen LogP contribution in [0.25, 0.3) is 0 Å². The van der Waals surface area contributed by atoms with Gasteiger partial charge in [-0.3, -0.25) is 4.79 Å². The molecule has 2 aliphatic rings. The average molecular weight is 282 g/mol. The molecule has 1 saturated carbocycles. The zero-order valence-corrected chi connectivity index (χ0v) is 13.1. The first-order chi connectivity index (χ1) is 9.63. The molecule has 0 spiro atoms. The molecule has 1 aliphatic carbocycles. The number of morpholine rings is 1. The fourth-order valence-electron chi connectivity index (χ4n) is 3.65. The van der Waals surface area contributed by atoms with Gasteiger partial charge in [-0.1, -0.05) is 32.6 Å². The molecule has 2 atom stereocenters. The monoisotopic (exact) mass is 282 g/mol. The van der Waals surface area contributed by atoms with Gasteiger partial charge in [0.2, 0.25) is 5.91 Å². The Kier molecular flexibility index (Phi) is 5.44. The van der Waals surface area contributed by atoms with Crippen molar-refractivity contribution < 1.29 is 9.53 Å². The Balaban J connectivity index is 2.16. The van der Waals surface area contributed by atoms with Crippen molar-refractivity contribution in [2.75, 3.05) is 19.7 Å². The summed E-state index contributed by atoms with van der Waals surface area (Å²) in [6.45, 7) is 6.07. The van der Waals surface area contributed by atoms with Crippen LogP contribution in [0.15, 0.2) is 0 Å². The Morgan fingerprint density at radius 1 is 1.30 bits per heavy atom. The molecule has 1 amide bonds. The third-order valence-corrected chi connectivity index (χ3v) is 5.10. The Morgan fingerprint density at radius 3 is 2.50 bits per heavy atom. The molecule has 20 heavy (non-hydrogen) atoms. The molecular weight excluding hydrogens is 252 g/mol. The first-order valence-electron chi connectivity index (χ1n) is 8.25. The summed E-state index contributed by atoms with van der Waals surface area (Å²) in [6.07, 6.45) is 7.78. The third-order valence-electron chi connectivity index (χ3n) is 5.10. The van der Waals surface area contributed by atoms with Gasteiger partial charge in [-0.15, -0.1) is 0 Å². The minimum atomic E-state index is -0.305. The van der Waals surface area contributed by atoms with Crippen molar-refractivity contribution in [2.45, 2.75) is 70.9 Å². The second-order valence-electron chi connectivity index (χ2n) is 6.56. The normalized spacial score (nSPS) is 30.9. The van der Waals surface area contributed by atoms with Crippen molar-refractivity contribution in [3.05, 3.63) is 0 Å². The van der Waals surface area contributed by atoms with Crippen LogP contribution in [-0.4, -0.2) is 42.6 Å². The lowest BCUT2D eigenvalue weighted by Crippen LogP contribution is -2.57. The lowest BCUT2D eigenvalue weighted by Gasteiger charge is -2.43. The number of nitrogens with two attached hydrogens (primary N) is 1. The molecule has 0 bridgehead atoms. The zero-order valence-electron chi connectivity index (χ0n) is 13.1. The Hall–Kier alpha value is -0.610. The SMILES string of the molecule is CCC1COC(C)CN1C(=O)C1(CN)CCCCCC1. The van der Waals surface area contributed by atoms with E-state index in [9.17, 15) is 4.79 Å². The first-order valence-corrected chi connectivity index (χ1v) is 8.25. The molecule has 2 fully saturated rings. The second kappa shape index (κ2) is 6.90. The summed E-state index contributed by atoms with van der Waals surface area (Å²) in [6, 6.07) is 0.227. The van der Waals surface area contributed by atoms with Crippen LogP contribution in [0.4, 0.5) is 0 Å². The number of ether oxygens (including phenoxy) is 1. The van der Waals surface area contributed by atoms with E-state index in [1.54, 1.807) is 0 Å². The molecule has 0 radical (unpaired) electrons. The summed E-state index contributed by atoms with van der Waals surface area (Å²) in [5.74, 6) is 0.295. The van der Waals surface area contributed by atoms with Crippen molar-refractivity contribution >= 4 is 5.91 Å². The molecule has 2 rings (SSSR count). The first kappa shape index (κ1) is 15.8. The molecule has 4 nitrogen and oxygen atoms in total. The van der Waals surface area contributed by atoms with Crippen LogP contribution in [-0.2, 0) is 9.53 Å². The topological polar surface area (TPSA) is 55.6 Å². The van der Waals surface area contributed by atoms with E-state index in [2.05, 4.69) is 11.8 Å². The molecule has 116 valence electrons. The molecule has 2 N–H and O–H groups in total. The van der Waals surface area contributed by atoms with Gasteiger partial charge in [-0.05, 0) is 26.2 Å². The lowest BCUT2D eigenvalue weighted by atomic mass is 9.78. The summed E-state index contributed by atoms with van der Waals surface area (Å²) in [5.41, 5.74) is 5.75. The van der Waals surface area contributed by atoms with Crippen molar-refractivity contribution in [2.24, 2.45) is 11.1 Å². The van der Waals surface area contributed by atoms with Crippen molar-refractivity contribution in [1.29, 1.82) is 0 Å². The van der Waals surface area contributed by atoms with E-state index in [1.807, 2.05) is 6.92 Å². The summed E-state index contributed by atoms with van der Waals surface area (Å²) in [4.78, 5) is 15.2. The van der Waals surface area contributed by atoms with Gasteiger partial charge in [0.25, 0.3) is 0 Å². The van der Waals surface area contributed by atoms with Crippen LogP contribution in [0.1, 0.15) is 58.8 Å². The Morgan fingerprint density at radius 2 is 1.95 bits per heavy atom. The van der Waals surface area contributed by atoms with E-state index in [1.165, 1.54) is 12.8 Å². The van der Waals surface area contributed by atoms with Crippen LogP contribution in [0.2, 0.25) is 0 Å². The summed E-state index contributed by atoms with van der Waals surface area (Å²) < 4.78 is 5.72. The van der Waals surface area contributed by atoms with Gasteiger partial charge < -0.3 is 15.4 Å². The highest BCUT2D eigenvalue weighted by molar-refractivity contribution is 5.83. The van der Waals surface area contributed by atoms with E-state index in [4.69, 9.17) is 10.5 Å². The van der Waals surface area contributed by atoms with Gasteiger partial charge in [-0.2, -0.15) is 0 Å². The fraction of sp³-hybridized carbons (Fsp3) is 0.938. The van der Waals surface area contributed by atoms with Crippen LogP contribution >= 0.6 is 0 Å². The van der Waals surface area contributed by atoms with E-state index in [-0.39, 0.29) is 17.6 Å². The van der Waals surface area contributed by atoms with Gasteiger partial charge in [-0.25, -0.2) is 0 Å². The maximum Gasteiger partial charge on any atom is 0.230 e. The van der Waals surface area contributed by atoms with Crippen molar-refractivity contribution in [1.82, 2.24) is 4.90 Å². The van der Waals surface area contributed by atoms with Crippen molar-refractivity contribution in [3.8, 4) is 0 Å².